The Morgan fingerprint density at radius 1 is 1.35 bits per heavy atom. The third-order valence-corrected chi connectivity index (χ3v) is 5.57. The van der Waals surface area contributed by atoms with Crippen molar-refractivity contribution in [3.63, 3.8) is 0 Å². The maximum atomic E-state index is 13.4. The van der Waals surface area contributed by atoms with Crippen molar-refractivity contribution in [2.45, 2.75) is 31.0 Å². The summed E-state index contributed by atoms with van der Waals surface area (Å²) in [7, 11) is 0. The number of nitrogens with two attached hydrogens (primary N) is 3. The topological polar surface area (TPSA) is 111 Å². The fraction of sp³-hybridized carbons (Fsp3) is 0.529. The number of likely N-dealkylation sites (tertiary alicyclic amines) is 1. The maximum Gasteiger partial charge on any atom is 0.416 e. The molecular formula is C17H22F3N5O. The normalized spacial score (nSPS) is 32.2. The van der Waals surface area contributed by atoms with Crippen molar-refractivity contribution >= 4 is 11.7 Å². The van der Waals surface area contributed by atoms with Gasteiger partial charge >= 0.3 is 6.18 Å². The number of halogens is 3. The lowest BCUT2D eigenvalue weighted by Gasteiger charge is -2.26. The lowest BCUT2D eigenvalue weighted by molar-refractivity contribution is -0.123. The highest BCUT2D eigenvalue weighted by molar-refractivity contribution is 6.37. The summed E-state index contributed by atoms with van der Waals surface area (Å²) in [6.07, 6.45) is 2.67. The zero-order valence-corrected chi connectivity index (χ0v) is 14.2. The van der Waals surface area contributed by atoms with E-state index in [0.717, 1.165) is 6.08 Å². The third kappa shape index (κ3) is 3.23. The molecule has 1 aliphatic heterocycles. The molecule has 26 heavy (non-hydrogen) atoms. The molecule has 3 unspecified atom stereocenters. The second-order valence-electron chi connectivity index (χ2n) is 7.19. The summed E-state index contributed by atoms with van der Waals surface area (Å²) in [5, 5.41) is 3.20. The Hall–Kier alpha value is -2.29. The van der Waals surface area contributed by atoms with Gasteiger partial charge < -0.3 is 22.2 Å². The number of amidine groups is 1. The molecular weight excluding hydrogens is 347 g/mol. The lowest BCUT2D eigenvalue weighted by Crippen LogP contribution is -2.47. The first-order valence-electron chi connectivity index (χ1n) is 8.40. The highest BCUT2D eigenvalue weighted by Crippen LogP contribution is 2.49. The number of rotatable bonds is 1. The molecule has 0 radical (unpaired) electrons. The van der Waals surface area contributed by atoms with Crippen LogP contribution in [0.5, 0.6) is 0 Å². The van der Waals surface area contributed by atoms with Gasteiger partial charge in [-0.25, -0.2) is 0 Å². The molecule has 6 nitrogen and oxygen atoms in total. The smallest absolute Gasteiger partial charge is 0.378 e. The zero-order valence-electron chi connectivity index (χ0n) is 14.2. The SMILES string of the molecule is NN=C(N)C(=O)N1CC2CC(C3=C(C(F)(F)F)C=CC=CC3)CC2(N)C1. The molecule has 142 valence electrons. The number of alkyl halides is 3. The Morgan fingerprint density at radius 3 is 2.69 bits per heavy atom. The average molecular weight is 369 g/mol. The Kier molecular flexibility index (Phi) is 4.60. The van der Waals surface area contributed by atoms with Crippen LogP contribution in [0.1, 0.15) is 19.3 Å². The van der Waals surface area contributed by atoms with Crippen molar-refractivity contribution in [1.29, 1.82) is 0 Å². The van der Waals surface area contributed by atoms with Gasteiger partial charge in [0.15, 0.2) is 0 Å². The van der Waals surface area contributed by atoms with E-state index in [4.69, 9.17) is 17.3 Å². The van der Waals surface area contributed by atoms with E-state index >= 15 is 0 Å². The van der Waals surface area contributed by atoms with Gasteiger partial charge in [-0.2, -0.15) is 18.3 Å². The van der Waals surface area contributed by atoms with E-state index in [1.807, 2.05) is 0 Å². The van der Waals surface area contributed by atoms with Crippen LogP contribution < -0.4 is 17.3 Å². The number of hydrogen-bond donors (Lipinski definition) is 3. The predicted octanol–water partition coefficient (Wildman–Crippen LogP) is 1.16. The Labute approximate surface area is 149 Å². The van der Waals surface area contributed by atoms with Crippen LogP contribution in [0.4, 0.5) is 13.2 Å². The molecule has 3 atom stereocenters. The molecule has 0 spiro atoms. The molecule has 2 fully saturated rings. The minimum absolute atomic E-state index is 0.0831. The molecule has 1 saturated heterocycles. The first-order valence-corrected chi connectivity index (χ1v) is 8.40. The van der Waals surface area contributed by atoms with Gasteiger partial charge in [-0.1, -0.05) is 29.9 Å². The molecule has 0 aromatic carbocycles. The first kappa shape index (κ1) is 18.5. The Morgan fingerprint density at radius 2 is 2.08 bits per heavy atom. The van der Waals surface area contributed by atoms with Crippen molar-refractivity contribution < 1.29 is 18.0 Å². The van der Waals surface area contributed by atoms with Crippen molar-refractivity contribution in [2.75, 3.05) is 13.1 Å². The monoisotopic (exact) mass is 369 g/mol. The molecule has 1 saturated carbocycles. The third-order valence-electron chi connectivity index (χ3n) is 5.57. The van der Waals surface area contributed by atoms with Crippen molar-refractivity contribution in [1.82, 2.24) is 4.90 Å². The molecule has 0 aromatic rings. The number of hydrogen-bond acceptors (Lipinski definition) is 4. The lowest BCUT2D eigenvalue weighted by atomic mass is 9.88. The zero-order chi connectivity index (χ0) is 19.1. The summed E-state index contributed by atoms with van der Waals surface area (Å²) in [5.41, 5.74) is 11.0. The van der Waals surface area contributed by atoms with Gasteiger partial charge in [0.25, 0.3) is 5.91 Å². The van der Waals surface area contributed by atoms with Crippen molar-refractivity contribution in [3.05, 3.63) is 35.5 Å². The number of amides is 1. The van der Waals surface area contributed by atoms with Gasteiger partial charge in [0.05, 0.1) is 5.57 Å². The van der Waals surface area contributed by atoms with Gasteiger partial charge in [0.2, 0.25) is 5.84 Å². The summed E-state index contributed by atoms with van der Waals surface area (Å²) < 4.78 is 40.3. The van der Waals surface area contributed by atoms with E-state index < -0.39 is 23.2 Å². The molecule has 6 N–H and O–H groups in total. The largest absolute Gasteiger partial charge is 0.416 e. The van der Waals surface area contributed by atoms with E-state index in [2.05, 4.69) is 5.10 Å². The Bertz CT molecular complexity index is 724. The molecule has 1 heterocycles. The number of hydrazone groups is 1. The molecule has 3 aliphatic rings. The standard InChI is InChI=1S/C17H22F3N5O/c18-17(19,20)13-5-3-1-2-4-12(13)10-6-11-8-25(9-16(11,22)7-10)15(26)14(21)24-23/h1-3,5,10-11H,4,6-9,22-23H2,(H2,21,24). The second kappa shape index (κ2) is 6.46. The Balaban J connectivity index is 1.82. The van der Waals surface area contributed by atoms with Crippen LogP contribution in [-0.2, 0) is 4.79 Å². The van der Waals surface area contributed by atoms with Gasteiger partial charge in [-0.15, -0.1) is 0 Å². The van der Waals surface area contributed by atoms with Crippen LogP contribution in [0.25, 0.3) is 0 Å². The van der Waals surface area contributed by atoms with Crippen LogP contribution in [0.2, 0.25) is 0 Å². The highest BCUT2D eigenvalue weighted by Gasteiger charge is 2.53. The van der Waals surface area contributed by atoms with Crippen LogP contribution in [0, 0.1) is 11.8 Å². The number of carbonyl (C=O) groups excluding carboxylic acids is 1. The van der Waals surface area contributed by atoms with Gasteiger partial charge in [0, 0.05) is 18.6 Å². The van der Waals surface area contributed by atoms with Gasteiger partial charge in [-0.05, 0) is 31.1 Å². The number of allylic oxidation sites excluding steroid dienone is 6. The van der Waals surface area contributed by atoms with Crippen LogP contribution >= 0.6 is 0 Å². The van der Waals surface area contributed by atoms with Crippen LogP contribution in [0.15, 0.2) is 40.6 Å². The van der Waals surface area contributed by atoms with Gasteiger partial charge in [0.1, 0.15) is 0 Å². The molecule has 0 bridgehead atoms. The average Bonchev–Trinajstić information content (AvgIpc) is 2.90. The fourth-order valence-electron chi connectivity index (χ4n) is 4.37. The number of nitrogens with zero attached hydrogens (tertiary/aromatic N) is 2. The fourth-order valence-corrected chi connectivity index (χ4v) is 4.37. The second-order valence-corrected chi connectivity index (χ2v) is 7.19. The van der Waals surface area contributed by atoms with Crippen LogP contribution in [-0.4, -0.2) is 41.4 Å². The molecule has 0 aromatic heterocycles. The number of carbonyl (C=O) groups is 1. The van der Waals surface area contributed by atoms with Crippen LogP contribution in [0.3, 0.4) is 0 Å². The minimum atomic E-state index is -4.40. The summed E-state index contributed by atoms with van der Waals surface area (Å²) in [4.78, 5) is 13.6. The minimum Gasteiger partial charge on any atom is -0.378 e. The molecule has 9 heteroatoms. The summed E-state index contributed by atoms with van der Waals surface area (Å²) in [6.45, 7) is 0.589. The van der Waals surface area contributed by atoms with E-state index in [0.29, 0.717) is 25.0 Å². The van der Waals surface area contributed by atoms with E-state index in [1.54, 1.807) is 12.2 Å². The molecule has 1 amide bonds. The molecule has 3 rings (SSSR count). The van der Waals surface area contributed by atoms with E-state index in [1.165, 1.54) is 11.0 Å². The van der Waals surface area contributed by atoms with Crippen molar-refractivity contribution in [2.24, 2.45) is 34.2 Å². The first-order chi connectivity index (χ1) is 12.2. The summed E-state index contributed by atoms with van der Waals surface area (Å²) in [6, 6.07) is 0. The van der Waals surface area contributed by atoms with E-state index in [9.17, 15) is 18.0 Å². The van der Waals surface area contributed by atoms with Gasteiger partial charge in [-0.3, -0.25) is 4.79 Å². The van der Waals surface area contributed by atoms with Crippen molar-refractivity contribution in [3.8, 4) is 0 Å². The summed E-state index contributed by atoms with van der Waals surface area (Å²) in [5.74, 6) is 3.91. The molecule has 2 aliphatic carbocycles. The predicted molar refractivity (Wildman–Crippen MR) is 91.5 cm³/mol. The quantitative estimate of drug-likeness (QED) is 0.279. The highest BCUT2D eigenvalue weighted by atomic mass is 19.4. The van der Waals surface area contributed by atoms with E-state index in [-0.39, 0.29) is 30.6 Å². The summed E-state index contributed by atoms with van der Waals surface area (Å²) >= 11 is 0. The number of fused-ring (bicyclic) bond motifs is 1. The maximum absolute atomic E-state index is 13.4.